The first kappa shape index (κ1) is 18.6. The van der Waals surface area contributed by atoms with Gasteiger partial charge in [0.2, 0.25) is 5.89 Å². The Kier molecular flexibility index (Phi) is 5.82. The highest BCUT2D eigenvalue weighted by molar-refractivity contribution is 8.00. The molecule has 0 N–H and O–H groups in total. The molecule has 0 saturated heterocycles. The topological polar surface area (TPSA) is 108 Å². The third kappa shape index (κ3) is 4.91. The van der Waals surface area contributed by atoms with Crippen molar-refractivity contribution >= 4 is 23.4 Å². The third-order valence-electron chi connectivity index (χ3n) is 3.52. The van der Waals surface area contributed by atoms with Crippen molar-refractivity contribution in [3.05, 3.63) is 70.6 Å². The monoisotopic (exact) mass is 385 g/mol. The van der Waals surface area contributed by atoms with Crippen molar-refractivity contribution in [2.75, 3.05) is 0 Å². The number of hydrogen-bond acceptors (Lipinski definition) is 8. The number of non-ortho nitro benzene ring substituents is 1. The summed E-state index contributed by atoms with van der Waals surface area (Å²) in [5.74, 6) is 0.113. The summed E-state index contributed by atoms with van der Waals surface area (Å²) >= 11 is 1.25. The largest absolute Gasteiger partial charge is 0.455 e. The van der Waals surface area contributed by atoms with E-state index in [1.807, 2.05) is 30.3 Å². The number of thioether (sulfide) groups is 1. The Hall–Kier alpha value is -3.20. The SMILES string of the molecule is C[C@@H](Sc1ccc([N+](=O)[O-])cc1)C(=O)OCc1nnc(-c2ccccc2)o1. The van der Waals surface area contributed by atoms with Crippen LogP contribution in [-0.2, 0) is 16.1 Å². The number of nitrogens with zero attached hydrogens (tertiary/aromatic N) is 3. The van der Waals surface area contributed by atoms with Crippen LogP contribution in [0, 0.1) is 10.1 Å². The van der Waals surface area contributed by atoms with E-state index in [1.54, 1.807) is 19.1 Å². The van der Waals surface area contributed by atoms with E-state index < -0.39 is 16.1 Å². The Morgan fingerprint density at radius 1 is 1.19 bits per heavy atom. The zero-order valence-corrected chi connectivity index (χ0v) is 15.1. The molecule has 1 aromatic heterocycles. The summed E-state index contributed by atoms with van der Waals surface area (Å²) in [4.78, 5) is 23.0. The molecule has 0 unspecified atom stereocenters. The average molecular weight is 385 g/mol. The molecular formula is C18H15N3O5S. The molecule has 27 heavy (non-hydrogen) atoms. The Morgan fingerprint density at radius 3 is 2.56 bits per heavy atom. The van der Waals surface area contributed by atoms with E-state index in [2.05, 4.69) is 10.2 Å². The van der Waals surface area contributed by atoms with Crippen LogP contribution in [-0.4, -0.2) is 26.3 Å². The highest BCUT2D eigenvalue weighted by atomic mass is 32.2. The Balaban J connectivity index is 1.53. The van der Waals surface area contributed by atoms with Gasteiger partial charge in [-0.2, -0.15) is 0 Å². The molecule has 1 atom stereocenters. The fourth-order valence-electron chi connectivity index (χ4n) is 2.16. The highest BCUT2D eigenvalue weighted by Crippen LogP contribution is 2.26. The molecule has 138 valence electrons. The lowest BCUT2D eigenvalue weighted by molar-refractivity contribution is -0.384. The molecule has 0 saturated carbocycles. The molecule has 0 aliphatic rings. The van der Waals surface area contributed by atoms with E-state index in [-0.39, 0.29) is 18.2 Å². The van der Waals surface area contributed by atoms with Gasteiger partial charge >= 0.3 is 5.97 Å². The number of nitro groups is 1. The van der Waals surface area contributed by atoms with Crippen LogP contribution in [0.15, 0.2) is 63.9 Å². The van der Waals surface area contributed by atoms with Gasteiger partial charge in [-0.05, 0) is 31.2 Å². The van der Waals surface area contributed by atoms with Gasteiger partial charge in [0.25, 0.3) is 11.6 Å². The fraction of sp³-hybridized carbons (Fsp3) is 0.167. The molecule has 0 amide bonds. The minimum atomic E-state index is -0.497. The summed E-state index contributed by atoms with van der Waals surface area (Å²) in [5, 5.41) is 18.0. The first-order valence-corrected chi connectivity index (χ1v) is 8.86. The normalized spacial score (nSPS) is 11.7. The summed E-state index contributed by atoms with van der Waals surface area (Å²) in [6.45, 7) is 1.57. The van der Waals surface area contributed by atoms with Crippen molar-refractivity contribution < 1.29 is 18.9 Å². The molecule has 0 fully saturated rings. The zero-order valence-electron chi connectivity index (χ0n) is 14.3. The Morgan fingerprint density at radius 2 is 1.89 bits per heavy atom. The van der Waals surface area contributed by atoms with Crippen LogP contribution in [0.3, 0.4) is 0 Å². The van der Waals surface area contributed by atoms with Crippen LogP contribution in [0.1, 0.15) is 12.8 Å². The smallest absolute Gasteiger partial charge is 0.319 e. The first-order chi connectivity index (χ1) is 13.0. The van der Waals surface area contributed by atoms with Gasteiger partial charge in [0.15, 0.2) is 6.61 Å². The van der Waals surface area contributed by atoms with Crippen molar-refractivity contribution in [3.8, 4) is 11.5 Å². The van der Waals surface area contributed by atoms with E-state index in [9.17, 15) is 14.9 Å². The lowest BCUT2D eigenvalue weighted by Crippen LogP contribution is -2.16. The van der Waals surface area contributed by atoms with E-state index in [4.69, 9.17) is 9.15 Å². The van der Waals surface area contributed by atoms with Gasteiger partial charge in [-0.15, -0.1) is 22.0 Å². The maximum atomic E-state index is 12.1. The van der Waals surface area contributed by atoms with Crippen LogP contribution in [0.5, 0.6) is 0 Å². The lowest BCUT2D eigenvalue weighted by Gasteiger charge is -2.10. The van der Waals surface area contributed by atoms with Crippen molar-refractivity contribution in [1.29, 1.82) is 0 Å². The van der Waals surface area contributed by atoms with Crippen LogP contribution in [0.2, 0.25) is 0 Å². The Labute approximate surface area is 158 Å². The standard InChI is InChI=1S/C18H15N3O5S/c1-12(27-15-9-7-14(8-10-15)21(23)24)18(22)25-11-16-19-20-17(26-16)13-5-3-2-4-6-13/h2-10,12H,11H2,1H3/t12-/m1/s1. The predicted octanol–water partition coefficient (Wildman–Crippen LogP) is 3.87. The molecule has 3 rings (SSSR count). The fourth-order valence-corrected chi connectivity index (χ4v) is 3.02. The zero-order chi connectivity index (χ0) is 19.2. The molecule has 0 spiro atoms. The maximum Gasteiger partial charge on any atom is 0.319 e. The molecule has 1 heterocycles. The second kappa shape index (κ2) is 8.45. The second-order valence-electron chi connectivity index (χ2n) is 5.49. The molecule has 9 heteroatoms. The number of rotatable bonds is 7. The number of nitro benzene ring substituents is 1. The first-order valence-electron chi connectivity index (χ1n) is 7.98. The lowest BCUT2D eigenvalue weighted by atomic mass is 10.2. The highest BCUT2D eigenvalue weighted by Gasteiger charge is 2.18. The molecule has 0 bridgehead atoms. The maximum absolute atomic E-state index is 12.1. The number of ether oxygens (including phenoxy) is 1. The number of carbonyl (C=O) groups is 1. The molecular weight excluding hydrogens is 370 g/mol. The molecule has 8 nitrogen and oxygen atoms in total. The molecule has 2 aromatic carbocycles. The second-order valence-corrected chi connectivity index (χ2v) is 6.90. The van der Waals surface area contributed by atoms with Crippen LogP contribution >= 0.6 is 11.8 Å². The number of hydrogen-bond donors (Lipinski definition) is 0. The van der Waals surface area contributed by atoms with E-state index >= 15 is 0 Å². The molecule has 3 aromatic rings. The molecule has 0 aliphatic heterocycles. The van der Waals surface area contributed by atoms with E-state index in [0.29, 0.717) is 5.89 Å². The van der Waals surface area contributed by atoms with Crippen molar-refractivity contribution in [1.82, 2.24) is 10.2 Å². The number of esters is 1. The summed E-state index contributed by atoms with van der Waals surface area (Å²) < 4.78 is 10.7. The van der Waals surface area contributed by atoms with Crippen LogP contribution in [0.25, 0.3) is 11.5 Å². The molecule has 0 radical (unpaired) electrons. The predicted molar refractivity (Wildman–Crippen MR) is 97.9 cm³/mol. The Bertz CT molecular complexity index is 928. The van der Waals surface area contributed by atoms with E-state index in [0.717, 1.165) is 10.5 Å². The summed E-state index contributed by atoms with van der Waals surface area (Å²) in [6.07, 6.45) is 0. The van der Waals surface area contributed by atoms with Gasteiger partial charge in [0.1, 0.15) is 5.25 Å². The molecule has 0 aliphatic carbocycles. The van der Waals surface area contributed by atoms with Crippen LogP contribution < -0.4 is 0 Å². The van der Waals surface area contributed by atoms with Crippen molar-refractivity contribution in [3.63, 3.8) is 0 Å². The number of benzene rings is 2. The van der Waals surface area contributed by atoms with Crippen molar-refractivity contribution in [2.45, 2.75) is 23.7 Å². The quantitative estimate of drug-likeness (QED) is 0.261. The van der Waals surface area contributed by atoms with Gasteiger partial charge in [0, 0.05) is 22.6 Å². The van der Waals surface area contributed by atoms with Gasteiger partial charge in [-0.3, -0.25) is 14.9 Å². The average Bonchev–Trinajstić information content (AvgIpc) is 3.16. The van der Waals surface area contributed by atoms with Gasteiger partial charge in [0.05, 0.1) is 4.92 Å². The van der Waals surface area contributed by atoms with Crippen LogP contribution in [0.4, 0.5) is 5.69 Å². The third-order valence-corrected chi connectivity index (χ3v) is 4.61. The summed E-state index contributed by atoms with van der Waals surface area (Å²) in [7, 11) is 0. The van der Waals surface area contributed by atoms with E-state index in [1.165, 1.54) is 23.9 Å². The number of carbonyl (C=O) groups excluding carboxylic acids is 1. The number of aromatic nitrogens is 2. The summed E-state index contributed by atoms with van der Waals surface area (Å²) in [6, 6.07) is 15.2. The minimum Gasteiger partial charge on any atom is -0.455 e. The van der Waals surface area contributed by atoms with Crippen molar-refractivity contribution in [2.24, 2.45) is 0 Å². The van der Waals surface area contributed by atoms with Gasteiger partial charge in [-0.25, -0.2) is 0 Å². The minimum absolute atomic E-state index is 0.000179. The van der Waals surface area contributed by atoms with Gasteiger partial charge in [-0.1, -0.05) is 18.2 Å². The summed E-state index contributed by atoms with van der Waals surface area (Å²) in [5.41, 5.74) is 0.782. The van der Waals surface area contributed by atoms with Gasteiger partial charge < -0.3 is 9.15 Å².